The van der Waals surface area contributed by atoms with Gasteiger partial charge in [-0.15, -0.1) is 0 Å². The first-order valence-electron chi connectivity index (χ1n) is 7.08. The average molecular weight is 311 g/mol. The first kappa shape index (κ1) is 14.9. The molecule has 0 bridgehead atoms. The lowest BCUT2D eigenvalue weighted by molar-refractivity contribution is -0.137. The van der Waals surface area contributed by atoms with E-state index in [2.05, 4.69) is 10.4 Å². The predicted molar refractivity (Wildman–Crippen MR) is 75.0 cm³/mol. The Balaban J connectivity index is 1.70. The van der Waals surface area contributed by atoms with Crippen LogP contribution >= 0.6 is 0 Å². The number of ether oxygens (including phenoxy) is 1. The molecule has 1 aliphatic heterocycles. The summed E-state index contributed by atoms with van der Waals surface area (Å²) in [5.41, 5.74) is -0.341. The molecule has 1 aromatic carbocycles. The first-order valence-corrected chi connectivity index (χ1v) is 7.08. The SMILES string of the molecule is FC(F)(F)c1cccc(-n2cc(OCC3CCNC3)cn2)c1. The number of benzene rings is 1. The summed E-state index contributed by atoms with van der Waals surface area (Å²) in [6, 6.07) is 5.05. The Kier molecular flexibility index (Phi) is 4.06. The van der Waals surface area contributed by atoms with Crippen LogP contribution in [0.15, 0.2) is 36.7 Å². The Morgan fingerprint density at radius 1 is 1.36 bits per heavy atom. The van der Waals surface area contributed by atoms with E-state index >= 15 is 0 Å². The molecular weight excluding hydrogens is 295 g/mol. The third kappa shape index (κ3) is 3.41. The van der Waals surface area contributed by atoms with Crippen LogP contribution in [0.25, 0.3) is 5.69 Å². The summed E-state index contributed by atoms with van der Waals surface area (Å²) in [6.45, 7) is 2.51. The van der Waals surface area contributed by atoms with Crippen molar-refractivity contribution in [3.8, 4) is 11.4 Å². The highest BCUT2D eigenvalue weighted by Gasteiger charge is 2.30. The highest BCUT2D eigenvalue weighted by atomic mass is 19.4. The molecule has 22 heavy (non-hydrogen) atoms. The lowest BCUT2D eigenvalue weighted by Crippen LogP contribution is -2.15. The van der Waals surface area contributed by atoms with Gasteiger partial charge in [0.1, 0.15) is 0 Å². The van der Waals surface area contributed by atoms with Crippen LogP contribution in [-0.4, -0.2) is 29.5 Å². The van der Waals surface area contributed by atoms with Gasteiger partial charge in [-0.25, -0.2) is 4.68 Å². The smallest absolute Gasteiger partial charge is 0.416 e. The molecule has 1 atom stereocenters. The second-order valence-electron chi connectivity index (χ2n) is 5.34. The molecule has 0 aliphatic carbocycles. The second-order valence-corrected chi connectivity index (χ2v) is 5.34. The molecule has 1 N–H and O–H groups in total. The van der Waals surface area contributed by atoms with Crippen LogP contribution in [0.5, 0.6) is 5.75 Å². The zero-order chi connectivity index (χ0) is 15.6. The maximum Gasteiger partial charge on any atom is 0.416 e. The maximum absolute atomic E-state index is 12.7. The van der Waals surface area contributed by atoms with E-state index < -0.39 is 11.7 Å². The molecule has 0 radical (unpaired) electrons. The molecule has 3 rings (SSSR count). The molecule has 2 heterocycles. The average Bonchev–Trinajstić information content (AvgIpc) is 3.16. The molecule has 2 aromatic rings. The van der Waals surface area contributed by atoms with Crippen LogP contribution in [0.4, 0.5) is 13.2 Å². The van der Waals surface area contributed by atoms with E-state index in [0.29, 0.717) is 24.0 Å². The van der Waals surface area contributed by atoms with Crippen molar-refractivity contribution in [2.75, 3.05) is 19.7 Å². The van der Waals surface area contributed by atoms with Gasteiger partial charge in [-0.2, -0.15) is 18.3 Å². The topological polar surface area (TPSA) is 39.1 Å². The number of halogens is 3. The molecule has 1 saturated heterocycles. The number of nitrogens with one attached hydrogen (secondary N) is 1. The molecule has 1 aromatic heterocycles. The lowest BCUT2D eigenvalue weighted by atomic mass is 10.1. The zero-order valence-electron chi connectivity index (χ0n) is 11.8. The van der Waals surface area contributed by atoms with Crippen molar-refractivity contribution in [3.63, 3.8) is 0 Å². The standard InChI is InChI=1S/C15H16F3N3O/c16-15(17,18)12-2-1-3-13(6-12)21-9-14(8-20-21)22-10-11-4-5-19-7-11/h1-3,6,8-9,11,19H,4-5,7,10H2. The Bertz CT molecular complexity index is 633. The van der Waals surface area contributed by atoms with Crippen molar-refractivity contribution in [3.05, 3.63) is 42.2 Å². The fourth-order valence-electron chi connectivity index (χ4n) is 2.42. The van der Waals surface area contributed by atoms with Gasteiger partial charge in [0.15, 0.2) is 5.75 Å². The van der Waals surface area contributed by atoms with E-state index in [9.17, 15) is 13.2 Å². The Hall–Kier alpha value is -2.02. The van der Waals surface area contributed by atoms with Gasteiger partial charge >= 0.3 is 6.18 Å². The lowest BCUT2D eigenvalue weighted by Gasteiger charge is -2.09. The van der Waals surface area contributed by atoms with Crippen molar-refractivity contribution >= 4 is 0 Å². The van der Waals surface area contributed by atoms with E-state index in [1.807, 2.05) is 0 Å². The van der Waals surface area contributed by atoms with Crippen LogP contribution in [0, 0.1) is 5.92 Å². The Morgan fingerprint density at radius 2 is 2.23 bits per heavy atom. The Labute approximate surface area is 125 Å². The molecule has 0 saturated carbocycles. The molecule has 1 unspecified atom stereocenters. The van der Waals surface area contributed by atoms with E-state index in [1.54, 1.807) is 12.3 Å². The highest BCUT2D eigenvalue weighted by molar-refractivity contribution is 5.37. The van der Waals surface area contributed by atoms with Gasteiger partial charge in [0.05, 0.1) is 30.3 Å². The molecule has 4 nitrogen and oxygen atoms in total. The monoisotopic (exact) mass is 311 g/mol. The van der Waals surface area contributed by atoms with Gasteiger partial charge in [0.25, 0.3) is 0 Å². The van der Waals surface area contributed by atoms with Crippen LogP contribution in [0.2, 0.25) is 0 Å². The molecule has 1 aliphatic rings. The van der Waals surface area contributed by atoms with Gasteiger partial charge in [0, 0.05) is 12.5 Å². The molecule has 0 spiro atoms. The minimum atomic E-state index is -4.36. The molecule has 7 heteroatoms. The molecular formula is C15H16F3N3O. The minimum absolute atomic E-state index is 0.354. The molecule has 0 amide bonds. The normalized spacial score (nSPS) is 18.6. The summed E-state index contributed by atoms with van der Waals surface area (Å²) in [4.78, 5) is 0. The number of alkyl halides is 3. The summed E-state index contributed by atoms with van der Waals surface area (Å²) in [6.07, 6.45) is -0.180. The number of rotatable bonds is 4. The van der Waals surface area contributed by atoms with Crippen molar-refractivity contribution in [1.29, 1.82) is 0 Å². The van der Waals surface area contributed by atoms with Crippen LogP contribution in [0.1, 0.15) is 12.0 Å². The van der Waals surface area contributed by atoms with E-state index in [-0.39, 0.29) is 0 Å². The first-order chi connectivity index (χ1) is 10.5. The van der Waals surface area contributed by atoms with Crippen LogP contribution < -0.4 is 10.1 Å². The Morgan fingerprint density at radius 3 is 2.95 bits per heavy atom. The summed E-state index contributed by atoms with van der Waals surface area (Å²) < 4.78 is 45.2. The number of hydrogen-bond donors (Lipinski definition) is 1. The van der Waals surface area contributed by atoms with Crippen LogP contribution in [0.3, 0.4) is 0 Å². The fourth-order valence-corrected chi connectivity index (χ4v) is 2.42. The predicted octanol–water partition coefficient (Wildman–Crippen LogP) is 2.88. The summed E-state index contributed by atoms with van der Waals surface area (Å²) >= 11 is 0. The van der Waals surface area contributed by atoms with Crippen molar-refractivity contribution in [2.45, 2.75) is 12.6 Å². The maximum atomic E-state index is 12.7. The van der Waals surface area contributed by atoms with Crippen LogP contribution in [-0.2, 0) is 6.18 Å². The zero-order valence-corrected chi connectivity index (χ0v) is 11.8. The highest BCUT2D eigenvalue weighted by Crippen LogP contribution is 2.30. The summed E-state index contributed by atoms with van der Waals surface area (Å²) in [5.74, 6) is 1.03. The van der Waals surface area contributed by atoms with Crippen molar-refractivity contribution in [1.82, 2.24) is 15.1 Å². The minimum Gasteiger partial charge on any atom is -0.490 e. The molecule has 1 fully saturated rings. The van der Waals surface area contributed by atoms with Crippen molar-refractivity contribution in [2.24, 2.45) is 5.92 Å². The van der Waals surface area contributed by atoms with Gasteiger partial charge in [-0.1, -0.05) is 6.07 Å². The number of aromatic nitrogens is 2. The molecule has 118 valence electrons. The van der Waals surface area contributed by atoms with Gasteiger partial charge in [-0.3, -0.25) is 0 Å². The van der Waals surface area contributed by atoms with Gasteiger partial charge in [0.2, 0.25) is 0 Å². The van der Waals surface area contributed by atoms with Crippen molar-refractivity contribution < 1.29 is 17.9 Å². The van der Waals surface area contributed by atoms with Gasteiger partial charge < -0.3 is 10.1 Å². The quantitative estimate of drug-likeness (QED) is 0.944. The number of nitrogens with zero attached hydrogens (tertiary/aromatic N) is 2. The van der Waals surface area contributed by atoms with E-state index in [1.165, 1.54) is 16.9 Å². The summed E-state index contributed by atoms with van der Waals surface area (Å²) in [5, 5.41) is 7.32. The summed E-state index contributed by atoms with van der Waals surface area (Å²) in [7, 11) is 0. The fraction of sp³-hybridized carbons (Fsp3) is 0.400. The third-order valence-electron chi connectivity index (χ3n) is 3.65. The van der Waals surface area contributed by atoms with E-state index in [0.717, 1.165) is 31.6 Å². The van der Waals surface area contributed by atoms with Gasteiger partial charge in [-0.05, 0) is 31.2 Å². The second kappa shape index (κ2) is 6.00. The third-order valence-corrected chi connectivity index (χ3v) is 3.65. The van der Waals surface area contributed by atoms with E-state index in [4.69, 9.17) is 4.74 Å². The number of hydrogen-bond acceptors (Lipinski definition) is 3. The largest absolute Gasteiger partial charge is 0.490 e.